The quantitative estimate of drug-likeness (QED) is 0.101. The molecule has 12 aromatic rings. The molecule has 8 aromatic carbocycles. The molecule has 66 heavy (non-hydrogen) atoms. The monoisotopic (exact) mass is 882 g/mol. The second-order valence-corrected chi connectivity index (χ2v) is 12.8. The van der Waals surface area contributed by atoms with Crippen molar-refractivity contribution >= 4 is 105 Å². The van der Waals surface area contributed by atoms with Gasteiger partial charge in [-0.2, -0.15) is 0 Å². The third kappa shape index (κ3) is 10.6. The van der Waals surface area contributed by atoms with Crippen LogP contribution in [0.4, 0.5) is 0 Å². The Labute approximate surface area is 397 Å². The lowest BCUT2D eigenvalue weighted by molar-refractivity contribution is 0.360. The van der Waals surface area contributed by atoms with Crippen molar-refractivity contribution in [3.05, 3.63) is 158 Å². The summed E-state index contributed by atoms with van der Waals surface area (Å²) in [7, 11) is 2.00. The Morgan fingerprint density at radius 1 is 0.303 bits per heavy atom. The van der Waals surface area contributed by atoms with Gasteiger partial charge in [0.05, 0.1) is 33.1 Å². The summed E-state index contributed by atoms with van der Waals surface area (Å²) in [4.78, 5) is 0. The van der Waals surface area contributed by atoms with E-state index >= 15 is 0 Å². The molecule has 1 N–H and O–H groups in total. The molecular weight excluding hydrogens is 803 g/mol. The molecule has 0 aliphatic carbocycles. The maximum absolute atomic E-state index is 7.53. The first-order valence-corrected chi connectivity index (χ1v) is 24.9. The van der Waals surface area contributed by atoms with E-state index in [-0.39, 0.29) is 0 Å². The van der Waals surface area contributed by atoms with Crippen molar-refractivity contribution in [2.24, 2.45) is 0 Å². The van der Waals surface area contributed by atoms with Gasteiger partial charge in [0.1, 0.15) is 0 Å². The van der Waals surface area contributed by atoms with E-state index in [9.17, 15) is 0 Å². The lowest BCUT2D eigenvalue weighted by Crippen LogP contribution is -1.91. The molecule has 0 aliphatic heterocycles. The number of hydrogen-bond donors (Lipinski definition) is 1. The molecule has 0 aliphatic rings. The molecule has 0 saturated carbocycles. The summed E-state index contributed by atoms with van der Waals surface area (Å²) in [6.07, 6.45) is 0. The zero-order valence-corrected chi connectivity index (χ0v) is 43.3. The van der Waals surface area contributed by atoms with Crippen LogP contribution in [-0.4, -0.2) is 28.6 Å². The zero-order valence-electron chi connectivity index (χ0n) is 43.3. The third-order valence-corrected chi connectivity index (χ3v) is 10.3. The molecule has 0 amide bonds. The maximum Gasteiger partial charge on any atom is 0.484 e. The number of para-hydroxylation sites is 4. The largest absolute Gasteiger partial charge is 0.484 e. The number of aromatic nitrogens is 2. The molecule has 0 unspecified atom stereocenters. The van der Waals surface area contributed by atoms with Crippen LogP contribution >= 0.6 is 0 Å². The number of hydrogen-bond acceptors (Lipinski definition) is 2. The van der Waals surface area contributed by atoms with Crippen LogP contribution in [0.1, 0.15) is 111 Å². The Morgan fingerprint density at radius 2 is 0.530 bits per heavy atom. The van der Waals surface area contributed by atoms with Gasteiger partial charge in [0, 0.05) is 50.2 Å². The van der Waals surface area contributed by atoms with E-state index in [4.69, 9.17) is 5.02 Å². The van der Waals surface area contributed by atoms with E-state index in [0.29, 0.717) is 7.69 Å². The molecule has 347 valence electrons. The summed E-state index contributed by atoms with van der Waals surface area (Å²) in [5.74, 6) is 0. The number of benzene rings is 8. The van der Waals surface area contributed by atoms with Crippen molar-refractivity contribution in [2.75, 3.05) is 7.11 Å². The minimum atomic E-state index is 0.625. The maximum atomic E-state index is 7.53. The normalized spacial score (nSPS) is 9.73. The van der Waals surface area contributed by atoms with E-state index in [0.717, 1.165) is 0 Å². The Balaban J connectivity index is 0.000000330. The van der Waals surface area contributed by atoms with Crippen molar-refractivity contribution in [3.8, 4) is 0 Å². The molecular formula is C61H78BN2O2. The van der Waals surface area contributed by atoms with Crippen LogP contribution in [0.2, 0.25) is 0 Å². The molecule has 5 heteroatoms. The number of rotatable bonds is 1. The van der Waals surface area contributed by atoms with Crippen LogP contribution in [0.15, 0.2) is 158 Å². The van der Waals surface area contributed by atoms with Gasteiger partial charge in [0.2, 0.25) is 0 Å². The highest BCUT2D eigenvalue weighted by Gasteiger charge is 2.18. The molecule has 4 heterocycles. The molecule has 0 atom stereocenters. The van der Waals surface area contributed by atoms with E-state index in [1.165, 1.54) is 105 Å². The Hall–Kier alpha value is -6.14. The fraction of sp³-hybridized carbons (Fsp3) is 0.279. The van der Waals surface area contributed by atoms with Gasteiger partial charge < -0.3 is 18.5 Å². The summed E-state index contributed by atoms with van der Waals surface area (Å²) in [5.41, 5.74) is 7.83. The number of fused-ring (bicyclic) bond motifs is 10. The van der Waals surface area contributed by atoms with Crippen LogP contribution in [0.3, 0.4) is 0 Å². The summed E-state index contributed by atoms with van der Waals surface area (Å²) >= 11 is 0. The Morgan fingerprint density at radius 3 is 0.848 bits per heavy atom. The molecule has 0 saturated heterocycles. The van der Waals surface area contributed by atoms with Crippen molar-refractivity contribution in [3.63, 3.8) is 0 Å². The minimum absolute atomic E-state index is 0.625. The van der Waals surface area contributed by atoms with Gasteiger partial charge in [-0.3, -0.25) is 0 Å². The van der Waals surface area contributed by atoms with Gasteiger partial charge in [-0.1, -0.05) is 244 Å². The molecule has 0 fully saturated rings. The summed E-state index contributed by atoms with van der Waals surface area (Å²) < 4.78 is 8.85. The third-order valence-electron chi connectivity index (χ3n) is 10.3. The fourth-order valence-corrected chi connectivity index (χ4v) is 8.44. The first-order valence-electron chi connectivity index (χ1n) is 24.9. The van der Waals surface area contributed by atoms with Crippen LogP contribution in [0, 0.1) is 0 Å². The first-order chi connectivity index (χ1) is 32.8. The van der Waals surface area contributed by atoms with E-state index < -0.39 is 0 Å². The Kier molecular flexibility index (Phi) is 25.0. The van der Waals surface area contributed by atoms with Crippen molar-refractivity contribution in [1.29, 1.82) is 0 Å². The van der Waals surface area contributed by atoms with Gasteiger partial charge in [0.25, 0.3) is 0 Å². The average Bonchev–Trinajstić information content (AvgIpc) is 3.96. The predicted molar refractivity (Wildman–Crippen MR) is 303 cm³/mol. The van der Waals surface area contributed by atoms with Gasteiger partial charge in [-0.25, -0.2) is 0 Å². The van der Waals surface area contributed by atoms with E-state index in [1.54, 1.807) is 0 Å². The van der Waals surface area contributed by atoms with Gasteiger partial charge >= 0.3 is 7.69 Å². The molecule has 0 bridgehead atoms. The second-order valence-electron chi connectivity index (χ2n) is 12.8. The first kappa shape index (κ1) is 56.0. The van der Waals surface area contributed by atoms with Crippen molar-refractivity contribution in [2.45, 2.75) is 111 Å². The average molecular weight is 882 g/mol. The van der Waals surface area contributed by atoms with Crippen LogP contribution < -0.4 is 0 Å². The van der Waals surface area contributed by atoms with Crippen LogP contribution in [0.5, 0.6) is 0 Å². The van der Waals surface area contributed by atoms with E-state index in [1.807, 2.05) is 111 Å². The van der Waals surface area contributed by atoms with Gasteiger partial charge in [-0.15, -0.1) is 0 Å². The van der Waals surface area contributed by atoms with Gasteiger partial charge in [-0.05, 0) is 45.8 Å². The number of pyridine rings is 2. The van der Waals surface area contributed by atoms with E-state index in [2.05, 4.69) is 171 Å². The van der Waals surface area contributed by atoms with Crippen LogP contribution in [0.25, 0.3) is 97.7 Å². The highest BCUT2D eigenvalue weighted by Crippen LogP contribution is 2.41. The standard InChI is InChI=1S/2C22H13N.8C2H6.CH4BO2/c2*1-2-12-19-15(8-1)17-10-5-11-18-16-9-3-6-14-7-4-13-20(21(14)16)23(19)22(17)18;8*1-2;1-4-2-3/h2*1-13H;8*1-2H3;3H,1H3. The molecule has 0 spiro atoms. The molecule has 12 rings (SSSR count). The molecule has 1 radical (unpaired) electrons. The lowest BCUT2D eigenvalue weighted by Gasteiger charge is -2.12. The lowest BCUT2D eigenvalue weighted by atomic mass is 9.99. The highest BCUT2D eigenvalue weighted by molar-refractivity contribution is 6.28. The Bertz CT molecular complexity index is 2970. The molecule has 4 nitrogen and oxygen atoms in total. The summed E-state index contributed by atoms with van der Waals surface area (Å²) in [5, 5.41) is 23.6. The summed E-state index contributed by atoms with van der Waals surface area (Å²) in [6, 6.07) is 57.3. The predicted octanol–water partition coefficient (Wildman–Crippen LogP) is 19.3. The van der Waals surface area contributed by atoms with Gasteiger partial charge in [0.15, 0.2) is 0 Å². The smallest absolute Gasteiger partial charge is 0.429 e. The second kappa shape index (κ2) is 29.4. The highest BCUT2D eigenvalue weighted by atomic mass is 16.5. The molecule has 4 aromatic heterocycles. The van der Waals surface area contributed by atoms with Crippen LogP contribution in [-0.2, 0) is 4.65 Å². The fourth-order valence-electron chi connectivity index (χ4n) is 8.44. The zero-order chi connectivity index (χ0) is 49.3. The topological polar surface area (TPSA) is 38.3 Å². The van der Waals surface area contributed by atoms with Crippen molar-refractivity contribution in [1.82, 2.24) is 8.80 Å². The number of nitrogens with zero attached hydrogens (tertiary/aromatic N) is 2. The minimum Gasteiger partial charge on any atom is -0.429 e. The summed E-state index contributed by atoms with van der Waals surface area (Å²) in [6.45, 7) is 32.0. The SMILES string of the molecule is CC.CC.CC.CC.CC.CC.CC.CC.CO[B]O.c1cc2cccc3c2c(c1)c1cccc2c4ccccc4n3c12.c1cc2cccc3c2c(c1)c1cccc2c4ccccc4n3c12. The van der Waals surface area contributed by atoms with Crippen molar-refractivity contribution < 1.29 is 9.68 Å².